The Bertz CT molecular complexity index is 1800. The zero-order valence-electron chi connectivity index (χ0n) is 25.7. The lowest BCUT2D eigenvalue weighted by atomic mass is 10.1. The maximum Gasteiger partial charge on any atom is 0.293 e. The number of aromatic nitrogens is 2. The fraction of sp³-hybridized carbons (Fsp3) is 0.273. The van der Waals surface area contributed by atoms with Gasteiger partial charge in [-0.25, -0.2) is 4.63 Å². The van der Waals surface area contributed by atoms with Gasteiger partial charge in [0.05, 0.1) is 17.1 Å². The molecule has 5 rings (SSSR count). The molecule has 242 valence electrons. The highest BCUT2D eigenvalue weighted by Gasteiger charge is 2.34. The molecule has 0 bridgehead atoms. The van der Waals surface area contributed by atoms with E-state index in [0.29, 0.717) is 46.9 Å². The van der Waals surface area contributed by atoms with Crippen molar-refractivity contribution in [3.8, 4) is 0 Å². The minimum absolute atomic E-state index is 0.115. The summed E-state index contributed by atoms with van der Waals surface area (Å²) in [4.78, 5) is 62.5. The number of rotatable bonds is 15. The van der Waals surface area contributed by atoms with E-state index in [2.05, 4.69) is 38.4 Å². The van der Waals surface area contributed by atoms with Crippen LogP contribution >= 0.6 is 11.8 Å². The van der Waals surface area contributed by atoms with Gasteiger partial charge in [-0.2, -0.15) is 0 Å². The minimum atomic E-state index is -0.396. The second-order valence-corrected chi connectivity index (χ2v) is 11.8. The Labute approximate surface area is 274 Å². The highest BCUT2D eigenvalue weighted by molar-refractivity contribution is 8.18. The van der Waals surface area contributed by atoms with Crippen LogP contribution in [0.15, 0.2) is 75.4 Å². The van der Waals surface area contributed by atoms with Crippen LogP contribution in [0.3, 0.4) is 0 Å². The number of nitroso groups, excluding NO2 is 1. The normalized spacial score (nSPS) is 13.7. The average molecular weight is 656 g/mol. The predicted octanol–water partition coefficient (Wildman–Crippen LogP) is 6.07. The van der Waals surface area contributed by atoms with E-state index in [4.69, 9.17) is 4.63 Å². The summed E-state index contributed by atoms with van der Waals surface area (Å²) in [6, 6.07) is 17.7. The third-order valence-electron chi connectivity index (χ3n) is 7.52. The van der Waals surface area contributed by atoms with Crippen molar-refractivity contribution in [1.82, 2.24) is 25.8 Å². The number of hydrogen-bond donors (Lipinski definition) is 3. The monoisotopic (exact) mass is 655 g/mol. The number of aryl methyl sites for hydroxylation is 1. The van der Waals surface area contributed by atoms with Crippen molar-refractivity contribution in [3.63, 3.8) is 0 Å². The van der Waals surface area contributed by atoms with Crippen molar-refractivity contribution in [2.24, 2.45) is 5.18 Å². The molecule has 1 aliphatic heterocycles. The summed E-state index contributed by atoms with van der Waals surface area (Å²) >= 11 is 0.970. The molecule has 1 aromatic heterocycles. The van der Waals surface area contributed by atoms with Gasteiger partial charge in [0.25, 0.3) is 17.1 Å². The van der Waals surface area contributed by atoms with Crippen molar-refractivity contribution in [3.05, 3.63) is 87.2 Å². The van der Waals surface area contributed by atoms with Crippen molar-refractivity contribution < 1.29 is 23.8 Å². The number of amides is 4. The van der Waals surface area contributed by atoms with Crippen LogP contribution in [0, 0.1) is 4.91 Å². The number of fused-ring (bicyclic) bond motifs is 1. The smallest absolute Gasteiger partial charge is 0.293 e. The summed E-state index contributed by atoms with van der Waals surface area (Å²) in [7, 11) is 0. The molecule has 14 heteroatoms. The van der Waals surface area contributed by atoms with E-state index in [1.54, 1.807) is 36.4 Å². The second kappa shape index (κ2) is 15.8. The molecule has 13 nitrogen and oxygen atoms in total. The number of unbranched alkanes of at least 4 members (excludes halogenated alkanes) is 3. The van der Waals surface area contributed by atoms with Crippen molar-refractivity contribution >= 4 is 68.9 Å². The van der Waals surface area contributed by atoms with Gasteiger partial charge in [-0.3, -0.25) is 24.1 Å². The fourth-order valence-electron chi connectivity index (χ4n) is 4.88. The molecule has 3 N–H and O–H groups in total. The Morgan fingerprint density at radius 2 is 1.66 bits per heavy atom. The molecular weight excluding hydrogens is 622 g/mol. The third-order valence-corrected chi connectivity index (χ3v) is 8.43. The van der Waals surface area contributed by atoms with Crippen LogP contribution in [-0.2, 0) is 16.0 Å². The Kier molecular flexibility index (Phi) is 11.1. The number of carbonyl (C=O) groups excluding carboxylic acids is 4. The summed E-state index contributed by atoms with van der Waals surface area (Å²) < 4.78 is 4.73. The number of hydrogen-bond acceptors (Lipinski definition) is 11. The van der Waals surface area contributed by atoms with Crippen LogP contribution < -0.4 is 16.0 Å². The highest BCUT2D eigenvalue weighted by Crippen LogP contribution is 2.33. The number of carbonyl (C=O) groups is 4. The molecule has 0 spiro atoms. The van der Waals surface area contributed by atoms with Crippen LogP contribution in [0.1, 0.15) is 54.1 Å². The van der Waals surface area contributed by atoms with Gasteiger partial charge >= 0.3 is 0 Å². The summed E-state index contributed by atoms with van der Waals surface area (Å²) in [6.45, 7) is 2.73. The van der Waals surface area contributed by atoms with E-state index < -0.39 is 5.91 Å². The fourth-order valence-corrected chi connectivity index (χ4v) is 5.75. The molecule has 4 aromatic rings. The minimum Gasteiger partial charge on any atom is -0.355 e. The maximum absolute atomic E-state index is 12.7. The van der Waals surface area contributed by atoms with Gasteiger partial charge < -0.3 is 16.0 Å². The highest BCUT2D eigenvalue weighted by atomic mass is 32.2. The first-order chi connectivity index (χ1) is 22.9. The third kappa shape index (κ3) is 8.47. The first-order valence-corrected chi connectivity index (χ1v) is 16.0. The van der Waals surface area contributed by atoms with E-state index in [0.717, 1.165) is 43.0 Å². The van der Waals surface area contributed by atoms with Gasteiger partial charge in [0, 0.05) is 24.3 Å². The molecule has 2 heterocycles. The molecule has 0 radical (unpaired) electrons. The molecule has 1 saturated heterocycles. The molecule has 0 saturated carbocycles. The number of nitrogens with zero attached hydrogens (tertiary/aromatic N) is 4. The standard InChI is InChI=1S/C33H33N7O6S/c1-2-21-7-9-22(10-8-21)19-27-32(43)40(33(44)47-27)18-6-4-3-5-17-34-28(41)20-35-31(42)23-11-13-24(14-12-23)36-25-15-16-26(37-45)30-29(25)38-46-39-30/h7-16,19,36H,2-6,17-18,20H2,1H3,(H,34,41)(H,35,42)/b27-19-. The second-order valence-electron chi connectivity index (χ2n) is 10.8. The van der Waals surface area contributed by atoms with Gasteiger partial charge in [-0.15, -0.1) is 4.91 Å². The molecule has 47 heavy (non-hydrogen) atoms. The molecule has 3 aromatic carbocycles. The van der Waals surface area contributed by atoms with Crippen LogP contribution in [0.4, 0.5) is 21.9 Å². The Morgan fingerprint density at radius 3 is 2.40 bits per heavy atom. The number of anilines is 2. The summed E-state index contributed by atoms with van der Waals surface area (Å²) in [5.41, 5.74) is 4.39. The summed E-state index contributed by atoms with van der Waals surface area (Å²) in [5, 5.41) is 18.7. The van der Waals surface area contributed by atoms with E-state index in [1.807, 2.05) is 24.3 Å². The molecule has 1 aliphatic rings. The van der Waals surface area contributed by atoms with Crippen LogP contribution in [-0.4, -0.2) is 57.8 Å². The zero-order valence-corrected chi connectivity index (χ0v) is 26.5. The van der Waals surface area contributed by atoms with Gasteiger partial charge in [-0.1, -0.05) is 44.0 Å². The average Bonchev–Trinajstić information content (AvgIpc) is 3.69. The van der Waals surface area contributed by atoms with Crippen molar-refractivity contribution in [1.29, 1.82) is 0 Å². The first-order valence-electron chi connectivity index (χ1n) is 15.2. The zero-order chi connectivity index (χ0) is 33.2. The Morgan fingerprint density at radius 1 is 0.915 bits per heavy atom. The van der Waals surface area contributed by atoms with Crippen LogP contribution in [0.2, 0.25) is 0 Å². The predicted molar refractivity (Wildman–Crippen MR) is 179 cm³/mol. The van der Waals surface area contributed by atoms with Gasteiger partial charge in [-0.05, 0) is 100 Å². The van der Waals surface area contributed by atoms with Gasteiger partial charge in [0.1, 0.15) is 5.69 Å². The van der Waals surface area contributed by atoms with Gasteiger partial charge in [0.2, 0.25) is 5.91 Å². The SMILES string of the molecule is CCc1ccc(/C=C2\SC(=O)N(CCCCCCNC(=O)CNC(=O)c3ccc(Nc4ccc(N=O)c5nonc45)cc3)C2=O)cc1. The molecule has 0 atom stereocenters. The van der Waals surface area contributed by atoms with Crippen molar-refractivity contribution in [2.45, 2.75) is 39.0 Å². The van der Waals surface area contributed by atoms with E-state index >= 15 is 0 Å². The maximum atomic E-state index is 12.7. The summed E-state index contributed by atoms with van der Waals surface area (Å²) in [5.74, 6) is -0.954. The lowest BCUT2D eigenvalue weighted by molar-refractivity contribution is -0.123. The van der Waals surface area contributed by atoms with Crippen molar-refractivity contribution in [2.75, 3.05) is 25.0 Å². The van der Waals surface area contributed by atoms with Crippen LogP contribution in [0.5, 0.6) is 0 Å². The lowest BCUT2D eigenvalue weighted by Crippen LogP contribution is -2.37. The molecule has 0 unspecified atom stereocenters. The number of imide groups is 1. The Hall–Kier alpha value is -5.37. The number of benzene rings is 3. The van der Waals surface area contributed by atoms with E-state index in [-0.39, 0.29) is 34.8 Å². The van der Waals surface area contributed by atoms with Crippen LogP contribution in [0.25, 0.3) is 17.1 Å². The van der Waals surface area contributed by atoms with E-state index in [1.165, 1.54) is 16.5 Å². The topological polar surface area (TPSA) is 176 Å². The number of thioether (sulfide) groups is 1. The molecular formula is C33H33N7O6S. The number of nitrogens with one attached hydrogen (secondary N) is 3. The molecule has 1 fully saturated rings. The van der Waals surface area contributed by atoms with Gasteiger partial charge in [0.15, 0.2) is 11.0 Å². The largest absolute Gasteiger partial charge is 0.355 e. The quantitative estimate of drug-likeness (QED) is 0.0774. The Balaban J connectivity index is 0.959. The first kappa shape index (κ1) is 33.0. The summed E-state index contributed by atoms with van der Waals surface area (Å²) in [6.07, 6.45) is 5.73. The molecule has 0 aliphatic carbocycles. The molecule has 4 amide bonds. The lowest BCUT2D eigenvalue weighted by Gasteiger charge is -2.12. The van der Waals surface area contributed by atoms with E-state index in [9.17, 15) is 24.1 Å².